The van der Waals surface area contributed by atoms with Gasteiger partial charge in [-0.25, -0.2) is 4.79 Å². The molecule has 0 spiro atoms. The molecule has 0 fully saturated rings. The summed E-state index contributed by atoms with van der Waals surface area (Å²) in [5.74, 6) is -1.62. The zero-order valence-corrected chi connectivity index (χ0v) is 11.8. The van der Waals surface area contributed by atoms with Gasteiger partial charge in [-0.05, 0) is 24.3 Å². The predicted molar refractivity (Wildman–Crippen MR) is 80.1 cm³/mol. The standard InChI is InChI=1S/C15H12N2O6/c18-11-5-3-4-10(8-11)15(20)23-9-14(19)16-12-6-1-2-7-13(12)17(21)22/h1-8,18H,9H2,(H,16,19). The zero-order valence-electron chi connectivity index (χ0n) is 11.8. The summed E-state index contributed by atoms with van der Waals surface area (Å²) in [5, 5.41) is 22.4. The number of carbonyl (C=O) groups excluding carboxylic acids is 2. The normalized spacial score (nSPS) is 9.91. The van der Waals surface area contributed by atoms with E-state index in [9.17, 15) is 24.8 Å². The minimum atomic E-state index is -0.793. The monoisotopic (exact) mass is 316 g/mol. The van der Waals surface area contributed by atoms with E-state index >= 15 is 0 Å². The van der Waals surface area contributed by atoms with Crippen LogP contribution in [0.4, 0.5) is 11.4 Å². The quantitative estimate of drug-likeness (QED) is 0.495. The van der Waals surface area contributed by atoms with Gasteiger partial charge in [0, 0.05) is 6.07 Å². The van der Waals surface area contributed by atoms with Crippen molar-refractivity contribution in [2.24, 2.45) is 0 Å². The van der Waals surface area contributed by atoms with E-state index in [0.29, 0.717) is 0 Å². The number of amides is 1. The lowest BCUT2D eigenvalue weighted by atomic mass is 10.2. The molecule has 0 aliphatic heterocycles. The van der Waals surface area contributed by atoms with Crippen molar-refractivity contribution in [1.29, 1.82) is 0 Å². The maximum absolute atomic E-state index is 11.7. The minimum absolute atomic E-state index is 0.0101. The van der Waals surface area contributed by atoms with E-state index in [4.69, 9.17) is 4.74 Å². The third kappa shape index (κ3) is 4.27. The summed E-state index contributed by atoms with van der Waals surface area (Å²) in [6.07, 6.45) is 0. The van der Waals surface area contributed by atoms with Gasteiger partial charge >= 0.3 is 5.97 Å². The largest absolute Gasteiger partial charge is 0.508 e. The van der Waals surface area contributed by atoms with E-state index in [2.05, 4.69) is 5.32 Å². The summed E-state index contributed by atoms with van der Waals surface area (Å²) >= 11 is 0. The van der Waals surface area contributed by atoms with Crippen molar-refractivity contribution in [3.63, 3.8) is 0 Å². The van der Waals surface area contributed by atoms with Crippen LogP contribution in [0.5, 0.6) is 5.75 Å². The van der Waals surface area contributed by atoms with Gasteiger partial charge in [0.2, 0.25) is 0 Å². The van der Waals surface area contributed by atoms with Gasteiger partial charge in [-0.3, -0.25) is 14.9 Å². The molecule has 0 aliphatic rings. The SMILES string of the molecule is O=C(COC(=O)c1cccc(O)c1)Nc1ccccc1[N+](=O)[O-]. The Kier molecular flexibility index (Phi) is 4.88. The van der Waals surface area contributed by atoms with Crippen LogP contribution in [0, 0.1) is 10.1 Å². The number of hydrogen-bond donors (Lipinski definition) is 2. The lowest BCUT2D eigenvalue weighted by Crippen LogP contribution is -2.21. The third-order valence-corrected chi connectivity index (χ3v) is 2.79. The van der Waals surface area contributed by atoms with Crippen LogP contribution in [0.2, 0.25) is 0 Å². The molecule has 1 amide bonds. The molecular weight excluding hydrogens is 304 g/mol. The number of carbonyl (C=O) groups is 2. The van der Waals surface area contributed by atoms with Crippen molar-refractivity contribution in [3.8, 4) is 5.75 Å². The van der Waals surface area contributed by atoms with Gasteiger partial charge in [-0.15, -0.1) is 0 Å². The topological polar surface area (TPSA) is 119 Å². The molecule has 2 aromatic carbocycles. The zero-order chi connectivity index (χ0) is 16.8. The third-order valence-electron chi connectivity index (χ3n) is 2.79. The van der Waals surface area contributed by atoms with Crippen LogP contribution in [0.25, 0.3) is 0 Å². The van der Waals surface area contributed by atoms with Gasteiger partial charge in [0.15, 0.2) is 6.61 Å². The van der Waals surface area contributed by atoms with Gasteiger partial charge in [0.1, 0.15) is 11.4 Å². The molecule has 8 nitrogen and oxygen atoms in total. The van der Waals surface area contributed by atoms with Crippen molar-refractivity contribution in [2.45, 2.75) is 0 Å². The molecule has 23 heavy (non-hydrogen) atoms. The average Bonchev–Trinajstić information content (AvgIpc) is 2.53. The highest BCUT2D eigenvalue weighted by atomic mass is 16.6. The minimum Gasteiger partial charge on any atom is -0.508 e. The summed E-state index contributed by atoms with van der Waals surface area (Å²) in [7, 11) is 0. The van der Waals surface area contributed by atoms with Crippen LogP contribution in [0.1, 0.15) is 10.4 Å². The van der Waals surface area contributed by atoms with Crippen LogP contribution in [0.15, 0.2) is 48.5 Å². The fraction of sp³-hybridized carbons (Fsp3) is 0.0667. The molecule has 0 heterocycles. The second kappa shape index (κ2) is 7.03. The molecule has 0 unspecified atom stereocenters. The molecule has 2 N–H and O–H groups in total. The summed E-state index contributed by atoms with van der Waals surface area (Å²) < 4.78 is 4.79. The van der Waals surface area contributed by atoms with Crippen LogP contribution < -0.4 is 5.32 Å². The van der Waals surface area contributed by atoms with E-state index in [1.807, 2.05) is 0 Å². The first kappa shape index (κ1) is 16.0. The molecule has 118 valence electrons. The number of nitro benzene ring substituents is 1. The van der Waals surface area contributed by atoms with Gasteiger partial charge in [0.25, 0.3) is 11.6 Å². The second-order valence-corrected chi connectivity index (χ2v) is 4.45. The van der Waals surface area contributed by atoms with E-state index in [1.54, 1.807) is 0 Å². The van der Waals surface area contributed by atoms with Crippen molar-refractivity contribution in [2.75, 3.05) is 11.9 Å². The molecule has 0 aromatic heterocycles. The van der Waals surface area contributed by atoms with Crippen LogP contribution in [0.3, 0.4) is 0 Å². The molecule has 0 saturated carbocycles. The maximum Gasteiger partial charge on any atom is 0.338 e. The van der Waals surface area contributed by atoms with E-state index in [-0.39, 0.29) is 22.7 Å². The first-order valence-electron chi connectivity index (χ1n) is 6.47. The summed E-state index contributed by atoms with van der Waals surface area (Å²) in [6.45, 7) is -0.611. The Morgan fingerprint density at radius 2 is 1.91 bits per heavy atom. The van der Waals surface area contributed by atoms with Gasteiger partial charge in [-0.1, -0.05) is 18.2 Å². The fourth-order valence-electron chi connectivity index (χ4n) is 1.77. The fourth-order valence-corrected chi connectivity index (χ4v) is 1.77. The smallest absolute Gasteiger partial charge is 0.338 e. The Bertz CT molecular complexity index is 759. The summed E-state index contributed by atoms with van der Waals surface area (Å²) in [5.41, 5.74) is -0.167. The first-order chi connectivity index (χ1) is 11.0. The Labute approximate surface area is 130 Å². The van der Waals surface area contributed by atoms with Crippen molar-refractivity contribution in [3.05, 3.63) is 64.2 Å². The second-order valence-electron chi connectivity index (χ2n) is 4.45. The lowest BCUT2D eigenvalue weighted by molar-refractivity contribution is -0.383. The summed E-state index contributed by atoms with van der Waals surface area (Å²) in [4.78, 5) is 33.6. The molecule has 8 heteroatoms. The number of benzene rings is 2. The number of anilines is 1. The van der Waals surface area contributed by atoms with Gasteiger partial charge in [-0.2, -0.15) is 0 Å². The molecule has 0 atom stereocenters. The Morgan fingerprint density at radius 1 is 1.17 bits per heavy atom. The number of ether oxygens (including phenoxy) is 1. The number of phenols is 1. The van der Waals surface area contributed by atoms with Crippen LogP contribution >= 0.6 is 0 Å². The van der Waals surface area contributed by atoms with Crippen LogP contribution in [-0.2, 0) is 9.53 Å². The highest BCUT2D eigenvalue weighted by Crippen LogP contribution is 2.23. The number of phenolic OH excluding ortho intramolecular Hbond substituents is 1. The summed E-state index contributed by atoms with van der Waals surface area (Å²) in [6, 6.07) is 11.1. The average molecular weight is 316 g/mol. The van der Waals surface area contributed by atoms with Crippen molar-refractivity contribution >= 4 is 23.3 Å². The van der Waals surface area contributed by atoms with Crippen molar-refractivity contribution in [1.82, 2.24) is 0 Å². The molecule has 2 rings (SSSR count). The maximum atomic E-state index is 11.7. The molecule has 0 radical (unpaired) electrons. The molecule has 2 aromatic rings. The Morgan fingerprint density at radius 3 is 2.61 bits per heavy atom. The number of esters is 1. The Balaban J connectivity index is 1.96. The number of nitrogens with zero attached hydrogens (tertiary/aromatic N) is 1. The van der Waals surface area contributed by atoms with Gasteiger partial charge in [0.05, 0.1) is 10.5 Å². The number of nitro groups is 1. The van der Waals surface area contributed by atoms with Crippen molar-refractivity contribution < 1.29 is 24.4 Å². The van der Waals surface area contributed by atoms with Crippen LogP contribution in [-0.4, -0.2) is 28.5 Å². The molecule has 0 saturated heterocycles. The van der Waals surface area contributed by atoms with E-state index in [0.717, 1.165) is 0 Å². The first-order valence-corrected chi connectivity index (χ1v) is 6.47. The molecule has 0 aliphatic carbocycles. The highest BCUT2D eigenvalue weighted by molar-refractivity contribution is 5.96. The molecular formula is C15H12N2O6. The number of rotatable bonds is 5. The number of nitrogens with one attached hydrogen (secondary N) is 1. The van der Waals surface area contributed by atoms with Gasteiger partial charge < -0.3 is 15.2 Å². The number of para-hydroxylation sites is 2. The highest BCUT2D eigenvalue weighted by Gasteiger charge is 2.16. The number of hydrogen-bond acceptors (Lipinski definition) is 6. The van der Waals surface area contributed by atoms with E-state index < -0.39 is 23.4 Å². The van der Waals surface area contributed by atoms with E-state index in [1.165, 1.54) is 48.5 Å². The predicted octanol–water partition coefficient (Wildman–Crippen LogP) is 2.10. The Hall–Kier alpha value is -3.42. The number of aromatic hydroxyl groups is 1. The lowest BCUT2D eigenvalue weighted by Gasteiger charge is -2.07. The molecule has 0 bridgehead atoms.